The summed E-state index contributed by atoms with van der Waals surface area (Å²) in [5.74, 6) is 0. The summed E-state index contributed by atoms with van der Waals surface area (Å²) in [6.07, 6.45) is 2.25. The van der Waals surface area contributed by atoms with Gasteiger partial charge in [0, 0.05) is 0 Å². The Morgan fingerprint density at radius 3 is 2.08 bits per heavy atom. The van der Waals surface area contributed by atoms with E-state index >= 15 is 0 Å². The summed E-state index contributed by atoms with van der Waals surface area (Å²) < 4.78 is 12.2. The summed E-state index contributed by atoms with van der Waals surface area (Å²) >= 11 is -1.58. The van der Waals surface area contributed by atoms with Crippen LogP contribution in [0.25, 0.3) is 0 Å². The molecule has 0 rings (SSSR count). The van der Waals surface area contributed by atoms with Crippen LogP contribution in [0.15, 0.2) is 0 Å². The van der Waals surface area contributed by atoms with E-state index in [0.717, 1.165) is 37.3 Å². The van der Waals surface area contributed by atoms with Crippen LogP contribution in [0.3, 0.4) is 0 Å². The van der Waals surface area contributed by atoms with Gasteiger partial charge in [0.2, 0.25) is 0 Å². The van der Waals surface area contributed by atoms with Crippen molar-refractivity contribution < 1.29 is 25.3 Å². The third-order valence-corrected chi connectivity index (χ3v) is 4.54. The number of nitrogens with two attached hydrogens (primary N) is 1. The van der Waals surface area contributed by atoms with E-state index in [2.05, 4.69) is 0 Å². The van der Waals surface area contributed by atoms with Crippen molar-refractivity contribution in [2.24, 2.45) is 5.73 Å². The molecule has 3 nitrogen and oxygen atoms in total. The minimum atomic E-state index is -1.58. The molecule has 0 bridgehead atoms. The third kappa shape index (κ3) is 7.25. The Hall–Kier alpha value is 0.594. The van der Waals surface area contributed by atoms with Crippen LogP contribution in [0.2, 0.25) is 4.73 Å². The molecule has 0 aromatic rings. The van der Waals surface area contributed by atoms with Crippen molar-refractivity contribution in [3.8, 4) is 0 Å². The number of rotatable bonds is 8. The van der Waals surface area contributed by atoms with Gasteiger partial charge in [-0.3, -0.25) is 0 Å². The first-order valence-electron chi connectivity index (χ1n) is 4.66. The van der Waals surface area contributed by atoms with E-state index in [1.807, 2.05) is 13.8 Å². The molecule has 0 aliphatic heterocycles. The summed E-state index contributed by atoms with van der Waals surface area (Å²) in [4.78, 5) is 0. The Labute approximate surface area is 82.4 Å². The molecular weight excluding hydrogens is 190 g/mol. The van der Waals surface area contributed by atoms with E-state index in [1.54, 1.807) is 0 Å². The molecular formula is C8H20NO2Ti. The Morgan fingerprint density at radius 1 is 1.08 bits per heavy atom. The van der Waals surface area contributed by atoms with Gasteiger partial charge in [-0.1, -0.05) is 0 Å². The zero-order chi connectivity index (χ0) is 9.23. The van der Waals surface area contributed by atoms with Crippen molar-refractivity contribution in [3.05, 3.63) is 0 Å². The fourth-order valence-electron chi connectivity index (χ4n) is 0.922. The molecule has 0 saturated heterocycles. The van der Waals surface area contributed by atoms with Gasteiger partial charge in [-0.15, -0.1) is 0 Å². The van der Waals surface area contributed by atoms with E-state index in [9.17, 15) is 0 Å². The van der Waals surface area contributed by atoms with Gasteiger partial charge in [-0.2, -0.15) is 0 Å². The topological polar surface area (TPSA) is 44.5 Å². The van der Waals surface area contributed by atoms with Gasteiger partial charge in [0.1, 0.15) is 0 Å². The predicted molar refractivity (Wildman–Crippen MR) is 46.3 cm³/mol. The van der Waals surface area contributed by atoms with E-state index in [-0.39, 0.29) is 0 Å². The van der Waals surface area contributed by atoms with Crippen LogP contribution in [-0.2, 0) is 25.3 Å². The minimum absolute atomic E-state index is 0.782. The van der Waals surface area contributed by atoms with Crippen molar-refractivity contribution in [3.63, 3.8) is 0 Å². The van der Waals surface area contributed by atoms with Crippen LogP contribution in [0, 0.1) is 0 Å². The van der Waals surface area contributed by atoms with E-state index in [0.29, 0.717) is 0 Å². The second-order valence-electron chi connectivity index (χ2n) is 2.48. The van der Waals surface area contributed by atoms with Gasteiger partial charge in [-0.25, -0.2) is 0 Å². The van der Waals surface area contributed by atoms with Gasteiger partial charge in [-0.05, 0) is 0 Å². The first-order valence-corrected chi connectivity index (χ1v) is 7.04. The summed E-state index contributed by atoms with van der Waals surface area (Å²) in [5, 5.41) is 0. The Balaban J connectivity index is 3.34. The second kappa shape index (κ2) is 9.68. The van der Waals surface area contributed by atoms with E-state index < -0.39 is 18.6 Å². The van der Waals surface area contributed by atoms with Gasteiger partial charge >= 0.3 is 82.2 Å². The quantitative estimate of drug-likeness (QED) is 0.489. The molecule has 4 heteroatoms. The van der Waals surface area contributed by atoms with Crippen molar-refractivity contribution >= 4 is 0 Å². The van der Waals surface area contributed by atoms with Crippen LogP contribution < -0.4 is 5.73 Å². The first kappa shape index (κ1) is 12.6. The van der Waals surface area contributed by atoms with Crippen LogP contribution >= 0.6 is 0 Å². The summed E-state index contributed by atoms with van der Waals surface area (Å²) in [7, 11) is 0. The summed E-state index contributed by atoms with van der Waals surface area (Å²) in [5.41, 5.74) is 5.40. The van der Waals surface area contributed by atoms with Gasteiger partial charge in [0.25, 0.3) is 0 Å². The molecule has 0 amide bonds. The van der Waals surface area contributed by atoms with Crippen molar-refractivity contribution in [2.45, 2.75) is 31.4 Å². The number of hydrogen-bond acceptors (Lipinski definition) is 3. The molecule has 12 heavy (non-hydrogen) atoms. The molecule has 0 radical (unpaired) electrons. The Kier molecular flexibility index (Phi) is 10.2. The zero-order valence-electron chi connectivity index (χ0n) is 8.14. The van der Waals surface area contributed by atoms with Gasteiger partial charge < -0.3 is 0 Å². The SMILES string of the molecule is CC[O][Ti]([CH2]CCCN)[O]CC. The average molecular weight is 210 g/mol. The van der Waals surface area contributed by atoms with Gasteiger partial charge in [0.05, 0.1) is 0 Å². The molecule has 0 heterocycles. The van der Waals surface area contributed by atoms with Crippen LogP contribution in [0.1, 0.15) is 26.7 Å². The molecule has 0 atom stereocenters. The predicted octanol–water partition coefficient (Wildman–Crippen LogP) is 1.66. The van der Waals surface area contributed by atoms with E-state index in [4.69, 9.17) is 12.4 Å². The first-order chi connectivity index (χ1) is 5.85. The zero-order valence-corrected chi connectivity index (χ0v) is 9.70. The van der Waals surface area contributed by atoms with Gasteiger partial charge in [0.15, 0.2) is 0 Å². The van der Waals surface area contributed by atoms with Crippen LogP contribution in [-0.4, -0.2) is 19.8 Å². The summed E-state index contributed by atoms with van der Waals surface area (Å²) in [6, 6.07) is 0. The molecule has 0 saturated carbocycles. The molecule has 0 aromatic heterocycles. The second-order valence-corrected chi connectivity index (χ2v) is 5.33. The average Bonchev–Trinajstić information content (AvgIpc) is 2.06. The van der Waals surface area contributed by atoms with Crippen LogP contribution in [0.4, 0.5) is 0 Å². The van der Waals surface area contributed by atoms with Crippen molar-refractivity contribution in [1.29, 1.82) is 0 Å². The molecule has 2 N–H and O–H groups in total. The monoisotopic (exact) mass is 210 g/mol. The normalized spacial score (nSPS) is 10.2. The van der Waals surface area contributed by atoms with Crippen molar-refractivity contribution in [1.82, 2.24) is 0 Å². The molecule has 0 aliphatic rings. The number of hydrogen-bond donors (Lipinski definition) is 1. The molecule has 0 unspecified atom stereocenters. The number of unbranched alkanes of at least 4 members (excludes halogenated alkanes) is 1. The molecule has 0 aromatic carbocycles. The van der Waals surface area contributed by atoms with Crippen molar-refractivity contribution in [2.75, 3.05) is 19.8 Å². The Morgan fingerprint density at radius 2 is 1.67 bits per heavy atom. The van der Waals surface area contributed by atoms with E-state index in [1.165, 1.54) is 0 Å². The fraction of sp³-hybridized carbons (Fsp3) is 1.00. The third-order valence-electron chi connectivity index (χ3n) is 1.45. The molecule has 0 spiro atoms. The Bertz CT molecular complexity index is 87.1. The molecule has 0 aliphatic carbocycles. The molecule has 73 valence electrons. The molecule has 0 fully saturated rings. The maximum atomic E-state index is 5.53. The fourth-order valence-corrected chi connectivity index (χ4v) is 3.35. The van der Waals surface area contributed by atoms with Crippen LogP contribution in [0.5, 0.6) is 0 Å². The summed E-state index contributed by atoms with van der Waals surface area (Å²) in [6.45, 7) is 6.41. The maximum absolute atomic E-state index is 5.53. The standard InChI is InChI=1S/C4H10N.2C2H5O.Ti/c1-2-3-4-5;2*1-2-3;/h1-5H2;2*2H2,1H3;/q;2*-1;+2.